The number of amides is 4. The molecule has 4 amide bonds. The lowest BCUT2D eigenvalue weighted by molar-refractivity contribution is -0.122. The fraction of sp³-hybridized carbons (Fsp3) is 0.143. The first-order valence-corrected chi connectivity index (χ1v) is 12.2. The predicted octanol–water partition coefficient (Wildman–Crippen LogP) is 5.02. The number of carboxylic acid groups (broad SMARTS) is 1. The summed E-state index contributed by atoms with van der Waals surface area (Å²) in [6, 6.07) is 14.1. The van der Waals surface area contributed by atoms with Gasteiger partial charge in [-0.1, -0.05) is 18.2 Å². The number of methoxy groups -OCH3 is 1. The van der Waals surface area contributed by atoms with Gasteiger partial charge in [0, 0.05) is 0 Å². The molecule has 1 heterocycles. The second-order valence-corrected chi connectivity index (χ2v) is 9.49. The first-order valence-electron chi connectivity index (χ1n) is 11.4. The van der Waals surface area contributed by atoms with Gasteiger partial charge in [-0.3, -0.25) is 14.9 Å². The number of imide groups is 2. The van der Waals surface area contributed by atoms with E-state index in [2.05, 4.69) is 21.2 Å². The van der Waals surface area contributed by atoms with Gasteiger partial charge in [-0.05, 0) is 94.5 Å². The van der Waals surface area contributed by atoms with Gasteiger partial charge in [0.2, 0.25) is 0 Å². The lowest BCUT2D eigenvalue weighted by Crippen LogP contribution is -2.54. The molecule has 4 rings (SSSR count). The molecule has 10 heteroatoms. The molecule has 0 saturated carbocycles. The van der Waals surface area contributed by atoms with Crippen molar-refractivity contribution in [2.24, 2.45) is 0 Å². The fourth-order valence-corrected chi connectivity index (χ4v) is 4.63. The van der Waals surface area contributed by atoms with Crippen molar-refractivity contribution < 1.29 is 33.8 Å². The number of ether oxygens (including phenoxy) is 2. The molecule has 0 atom stereocenters. The highest BCUT2D eigenvalue weighted by molar-refractivity contribution is 9.10. The summed E-state index contributed by atoms with van der Waals surface area (Å²) in [6.07, 6.45) is 1.37. The molecule has 0 aromatic heterocycles. The van der Waals surface area contributed by atoms with Crippen LogP contribution in [-0.2, 0) is 16.2 Å². The second-order valence-electron chi connectivity index (χ2n) is 8.63. The summed E-state index contributed by atoms with van der Waals surface area (Å²) in [5, 5.41) is 11.4. The van der Waals surface area contributed by atoms with Gasteiger partial charge >= 0.3 is 12.0 Å². The van der Waals surface area contributed by atoms with E-state index in [1.807, 2.05) is 19.9 Å². The first kappa shape index (κ1) is 26.6. The van der Waals surface area contributed by atoms with Crippen LogP contribution in [0.1, 0.15) is 32.6 Å². The Morgan fingerprint density at radius 3 is 2.42 bits per heavy atom. The molecular weight excluding hydrogens is 556 g/mol. The number of nitrogens with one attached hydrogen (secondary N) is 1. The fourth-order valence-electron chi connectivity index (χ4n) is 4.05. The molecule has 0 unspecified atom stereocenters. The summed E-state index contributed by atoms with van der Waals surface area (Å²) in [7, 11) is 1.44. The number of anilines is 1. The number of carbonyl (C=O) groups excluding carboxylic acids is 3. The van der Waals surface area contributed by atoms with Gasteiger partial charge in [0.1, 0.15) is 12.2 Å². The Morgan fingerprint density at radius 1 is 1.05 bits per heavy atom. The van der Waals surface area contributed by atoms with Crippen LogP contribution in [0, 0.1) is 13.8 Å². The molecule has 1 saturated heterocycles. The van der Waals surface area contributed by atoms with Crippen molar-refractivity contribution in [3.63, 3.8) is 0 Å². The van der Waals surface area contributed by atoms with E-state index in [-0.39, 0.29) is 17.7 Å². The Morgan fingerprint density at radius 2 is 1.76 bits per heavy atom. The van der Waals surface area contributed by atoms with Crippen LogP contribution in [0.25, 0.3) is 6.08 Å². The molecule has 0 aliphatic carbocycles. The summed E-state index contributed by atoms with van der Waals surface area (Å²) >= 11 is 3.44. The molecule has 1 aliphatic rings. The van der Waals surface area contributed by atoms with Crippen molar-refractivity contribution in [1.29, 1.82) is 0 Å². The molecule has 38 heavy (non-hydrogen) atoms. The number of hydrogen-bond acceptors (Lipinski definition) is 6. The van der Waals surface area contributed by atoms with Gasteiger partial charge in [-0.2, -0.15) is 0 Å². The smallest absolute Gasteiger partial charge is 0.335 e. The molecule has 1 fully saturated rings. The minimum Gasteiger partial charge on any atom is -0.493 e. The van der Waals surface area contributed by atoms with E-state index >= 15 is 0 Å². The molecule has 2 N–H and O–H groups in total. The summed E-state index contributed by atoms with van der Waals surface area (Å²) in [5.74, 6) is -1.94. The van der Waals surface area contributed by atoms with E-state index < -0.39 is 23.8 Å². The number of halogens is 1. The number of urea groups is 1. The molecule has 0 spiro atoms. The molecule has 0 bridgehead atoms. The second kappa shape index (κ2) is 10.9. The number of hydrogen-bond donors (Lipinski definition) is 2. The summed E-state index contributed by atoms with van der Waals surface area (Å²) in [4.78, 5) is 50.6. The number of carbonyl (C=O) groups is 4. The molecule has 9 nitrogen and oxygen atoms in total. The number of barbiturate groups is 1. The third-order valence-corrected chi connectivity index (χ3v) is 6.28. The Balaban J connectivity index is 1.64. The molecule has 3 aromatic carbocycles. The van der Waals surface area contributed by atoms with Gasteiger partial charge in [0.25, 0.3) is 11.8 Å². The number of carboxylic acids is 1. The third-order valence-electron chi connectivity index (χ3n) is 5.69. The van der Waals surface area contributed by atoms with Crippen LogP contribution in [0.15, 0.2) is 64.6 Å². The molecule has 0 radical (unpaired) electrons. The Hall–Kier alpha value is -4.44. The quantitative estimate of drug-likeness (QED) is 0.298. The van der Waals surface area contributed by atoms with Gasteiger partial charge in [0.15, 0.2) is 11.5 Å². The van der Waals surface area contributed by atoms with Crippen molar-refractivity contribution in [1.82, 2.24) is 5.32 Å². The molecule has 194 valence electrons. The lowest BCUT2D eigenvalue weighted by Gasteiger charge is -2.27. The average Bonchev–Trinajstić information content (AvgIpc) is 2.85. The largest absolute Gasteiger partial charge is 0.493 e. The Labute approximate surface area is 226 Å². The highest BCUT2D eigenvalue weighted by atomic mass is 79.9. The van der Waals surface area contributed by atoms with Gasteiger partial charge in [0.05, 0.1) is 22.8 Å². The van der Waals surface area contributed by atoms with Crippen LogP contribution in [0.4, 0.5) is 10.5 Å². The zero-order chi connectivity index (χ0) is 27.6. The van der Waals surface area contributed by atoms with Crippen LogP contribution in [0.5, 0.6) is 11.5 Å². The Bertz CT molecular complexity index is 1490. The number of nitrogens with zero attached hydrogens (tertiary/aromatic N) is 1. The number of benzene rings is 3. The number of aryl methyl sites for hydroxylation is 2. The van der Waals surface area contributed by atoms with Crippen LogP contribution in [-0.4, -0.2) is 36.0 Å². The minimum absolute atomic E-state index is 0.0738. The maximum atomic E-state index is 13.3. The van der Waals surface area contributed by atoms with E-state index in [4.69, 9.17) is 9.47 Å². The molecular formula is C28H23BrN2O7. The summed E-state index contributed by atoms with van der Waals surface area (Å²) in [5.41, 5.74) is 3.09. The third kappa shape index (κ3) is 5.60. The Kier molecular flexibility index (Phi) is 7.63. The van der Waals surface area contributed by atoms with Crippen LogP contribution in [0.3, 0.4) is 0 Å². The highest BCUT2D eigenvalue weighted by Crippen LogP contribution is 2.38. The average molecular weight is 579 g/mol. The maximum Gasteiger partial charge on any atom is 0.335 e. The van der Waals surface area contributed by atoms with Crippen LogP contribution in [0.2, 0.25) is 0 Å². The van der Waals surface area contributed by atoms with E-state index in [0.29, 0.717) is 32.8 Å². The van der Waals surface area contributed by atoms with Gasteiger partial charge in [-0.15, -0.1) is 0 Å². The zero-order valence-corrected chi connectivity index (χ0v) is 22.3. The zero-order valence-electron chi connectivity index (χ0n) is 20.7. The first-order chi connectivity index (χ1) is 18.1. The standard InChI is InChI=1S/C28H23BrN2O7/c1-15-7-16(2)9-20(8-15)31-26(33)21(25(32)30-28(31)36)11-18-12-22(29)24(23(13-18)37-3)38-14-17-5-4-6-19(10-17)27(34)35/h4-13H,14H2,1-3H3,(H,34,35)(H,30,32,36)/b21-11+. The van der Waals surface area contributed by atoms with E-state index in [9.17, 15) is 24.3 Å². The SMILES string of the molecule is COc1cc(/C=C2\C(=O)NC(=O)N(c3cc(C)cc(C)c3)C2=O)cc(Br)c1OCc1cccc(C(=O)O)c1. The van der Waals surface area contributed by atoms with E-state index in [1.54, 1.807) is 36.4 Å². The van der Waals surface area contributed by atoms with E-state index in [0.717, 1.165) is 16.0 Å². The summed E-state index contributed by atoms with van der Waals surface area (Å²) < 4.78 is 11.8. The topological polar surface area (TPSA) is 122 Å². The van der Waals surface area contributed by atoms with Gasteiger partial charge < -0.3 is 14.6 Å². The van der Waals surface area contributed by atoms with Crippen molar-refractivity contribution in [3.05, 3.63) is 92.5 Å². The number of rotatable bonds is 7. The molecule has 1 aliphatic heterocycles. The van der Waals surface area contributed by atoms with Crippen molar-refractivity contribution in [3.8, 4) is 11.5 Å². The monoisotopic (exact) mass is 578 g/mol. The minimum atomic E-state index is -1.04. The lowest BCUT2D eigenvalue weighted by atomic mass is 10.0. The highest BCUT2D eigenvalue weighted by Gasteiger charge is 2.37. The maximum absolute atomic E-state index is 13.3. The molecule has 3 aromatic rings. The van der Waals surface area contributed by atoms with Crippen molar-refractivity contribution >= 4 is 51.5 Å². The van der Waals surface area contributed by atoms with Crippen molar-refractivity contribution in [2.75, 3.05) is 12.0 Å². The van der Waals surface area contributed by atoms with Crippen LogP contribution >= 0.6 is 15.9 Å². The van der Waals surface area contributed by atoms with Gasteiger partial charge in [-0.25, -0.2) is 14.5 Å². The van der Waals surface area contributed by atoms with Crippen molar-refractivity contribution in [2.45, 2.75) is 20.5 Å². The summed E-state index contributed by atoms with van der Waals surface area (Å²) in [6.45, 7) is 3.77. The van der Waals surface area contributed by atoms with Crippen LogP contribution < -0.4 is 19.7 Å². The predicted molar refractivity (Wildman–Crippen MR) is 143 cm³/mol. The van der Waals surface area contributed by atoms with E-state index in [1.165, 1.54) is 25.3 Å². The normalized spacial score (nSPS) is 14.5. The number of aromatic carboxylic acids is 1.